The fourth-order valence-corrected chi connectivity index (χ4v) is 1.18. The van der Waals surface area contributed by atoms with E-state index in [-0.39, 0.29) is 5.54 Å². The van der Waals surface area contributed by atoms with E-state index >= 15 is 0 Å². The summed E-state index contributed by atoms with van der Waals surface area (Å²) in [5, 5.41) is 4.28. The smallest absolute Gasteiger partial charge is 0.147 e. The highest BCUT2D eigenvalue weighted by molar-refractivity contribution is 4.93. The standard InChI is InChI=1S/C8H16N4/c1-6-10-7(2)12(11-6)8(3,4)5-9/h5,9H2,1-4H3. The first-order valence-electron chi connectivity index (χ1n) is 4.08. The van der Waals surface area contributed by atoms with Gasteiger partial charge in [-0.25, -0.2) is 9.67 Å². The van der Waals surface area contributed by atoms with Gasteiger partial charge in [0.25, 0.3) is 0 Å². The Bertz CT molecular complexity index is 275. The van der Waals surface area contributed by atoms with Crippen molar-refractivity contribution in [2.24, 2.45) is 5.73 Å². The minimum atomic E-state index is -0.134. The molecule has 0 saturated heterocycles. The van der Waals surface area contributed by atoms with Gasteiger partial charge in [-0.1, -0.05) is 0 Å². The van der Waals surface area contributed by atoms with Crippen molar-refractivity contribution < 1.29 is 0 Å². The highest BCUT2D eigenvalue weighted by Crippen LogP contribution is 2.13. The van der Waals surface area contributed by atoms with Crippen LogP contribution in [0.1, 0.15) is 25.5 Å². The van der Waals surface area contributed by atoms with Crippen LogP contribution in [0.15, 0.2) is 0 Å². The minimum absolute atomic E-state index is 0.134. The topological polar surface area (TPSA) is 56.7 Å². The summed E-state index contributed by atoms with van der Waals surface area (Å²) in [4.78, 5) is 4.22. The van der Waals surface area contributed by atoms with Crippen molar-refractivity contribution in [2.75, 3.05) is 6.54 Å². The lowest BCUT2D eigenvalue weighted by Gasteiger charge is -2.23. The van der Waals surface area contributed by atoms with Crippen molar-refractivity contribution >= 4 is 0 Å². The summed E-state index contributed by atoms with van der Waals surface area (Å²) in [5.41, 5.74) is 5.49. The second-order valence-corrected chi connectivity index (χ2v) is 3.63. The fourth-order valence-electron chi connectivity index (χ4n) is 1.18. The van der Waals surface area contributed by atoms with Gasteiger partial charge in [0, 0.05) is 6.54 Å². The largest absolute Gasteiger partial charge is 0.328 e. The van der Waals surface area contributed by atoms with Crippen LogP contribution in [0.25, 0.3) is 0 Å². The van der Waals surface area contributed by atoms with Crippen LogP contribution in [0.2, 0.25) is 0 Å². The first-order valence-corrected chi connectivity index (χ1v) is 4.08. The first-order chi connectivity index (χ1) is 5.47. The van der Waals surface area contributed by atoms with Crippen LogP contribution < -0.4 is 5.73 Å². The van der Waals surface area contributed by atoms with Crippen molar-refractivity contribution in [3.8, 4) is 0 Å². The molecule has 1 aromatic heterocycles. The van der Waals surface area contributed by atoms with Gasteiger partial charge in [-0.2, -0.15) is 5.10 Å². The summed E-state index contributed by atoms with van der Waals surface area (Å²) in [6, 6.07) is 0. The van der Waals surface area contributed by atoms with E-state index in [0.717, 1.165) is 11.6 Å². The highest BCUT2D eigenvalue weighted by atomic mass is 15.4. The van der Waals surface area contributed by atoms with Gasteiger partial charge in [0.2, 0.25) is 0 Å². The third-order valence-electron chi connectivity index (χ3n) is 1.95. The number of rotatable bonds is 2. The molecule has 4 nitrogen and oxygen atoms in total. The van der Waals surface area contributed by atoms with Gasteiger partial charge in [0.1, 0.15) is 11.6 Å². The molecule has 0 spiro atoms. The number of nitrogens with two attached hydrogens (primary N) is 1. The molecule has 1 aromatic rings. The summed E-state index contributed by atoms with van der Waals surface area (Å²) in [6.45, 7) is 8.49. The number of hydrogen-bond acceptors (Lipinski definition) is 3. The molecule has 0 bridgehead atoms. The molecule has 0 aliphatic rings. The molecule has 1 heterocycles. The molecule has 0 unspecified atom stereocenters. The van der Waals surface area contributed by atoms with Crippen LogP contribution in [0.5, 0.6) is 0 Å². The lowest BCUT2D eigenvalue weighted by atomic mass is 10.1. The highest BCUT2D eigenvalue weighted by Gasteiger charge is 2.21. The third-order valence-corrected chi connectivity index (χ3v) is 1.95. The van der Waals surface area contributed by atoms with Gasteiger partial charge < -0.3 is 5.73 Å². The zero-order valence-corrected chi connectivity index (χ0v) is 8.13. The van der Waals surface area contributed by atoms with Gasteiger partial charge in [0.05, 0.1) is 5.54 Å². The summed E-state index contributed by atoms with van der Waals surface area (Å²) in [6.07, 6.45) is 0. The lowest BCUT2D eigenvalue weighted by molar-refractivity contribution is 0.321. The maximum absolute atomic E-state index is 5.63. The maximum Gasteiger partial charge on any atom is 0.147 e. The Labute approximate surface area is 72.8 Å². The Morgan fingerprint density at radius 2 is 2.00 bits per heavy atom. The molecule has 0 aliphatic carbocycles. The second kappa shape index (κ2) is 2.86. The Kier molecular flexibility index (Phi) is 2.19. The van der Waals surface area contributed by atoms with Crippen LogP contribution in [0.4, 0.5) is 0 Å². The molecule has 0 aromatic carbocycles. The van der Waals surface area contributed by atoms with Gasteiger partial charge in [0.15, 0.2) is 0 Å². The summed E-state index contributed by atoms with van der Waals surface area (Å²) in [7, 11) is 0. The molecule has 0 saturated carbocycles. The predicted octanol–water partition coefficient (Wildman–Crippen LogP) is 0.589. The summed E-state index contributed by atoms with van der Waals surface area (Å²) >= 11 is 0. The van der Waals surface area contributed by atoms with Crippen molar-refractivity contribution in [3.05, 3.63) is 11.6 Å². The number of aryl methyl sites for hydroxylation is 2. The molecule has 4 heteroatoms. The average Bonchev–Trinajstić information content (AvgIpc) is 2.31. The number of hydrogen-bond donors (Lipinski definition) is 1. The van der Waals surface area contributed by atoms with Crippen LogP contribution in [0.3, 0.4) is 0 Å². The average molecular weight is 168 g/mol. The van der Waals surface area contributed by atoms with Gasteiger partial charge in [-0.15, -0.1) is 0 Å². The van der Waals surface area contributed by atoms with E-state index in [4.69, 9.17) is 5.73 Å². The summed E-state index contributed by atoms with van der Waals surface area (Å²) < 4.78 is 1.88. The Morgan fingerprint density at radius 1 is 1.42 bits per heavy atom. The van der Waals surface area contributed by atoms with Gasteiger partial charge in [-0.3, -0.25) is 0 Å². The molecular weight excluding hydrogens is 152 g/mol. The SMILES string of the molecule is Cc1nc(C)n(C(C)(C)CN)n1. The second-order valence-electron chi connectivity index (χ2n) is 3.63. The van der Waals surface area contributed by atoms with E-state index in [1.807, 2.05) is 32.4 Å². The molecule has 68 valence electrons. The molecule has 0 fully saturated rings. The zero-order valence-electron chi connectivity index (χ0n) is 8.13. The lowest BCUT2D eigenvalue weighted by Crippen LogP contribution is -2.36. The minimum Gasteiger partial charge on any atom is -0.328 e. The quantitative estimate of drug-likeness (QED) is 0.703. The molecule has 2 N–H and O–H groups in total. The van der Waals surface area contributed by atoms with Crippen molar-refractivity contribution in [1.82, 2.24) is 14.8 Å². The van der Waals surface area contributed by atoms with Crippen LogP contribution in [0, 0.1) is 13.8 Å². The molecular formula is C8H16N4. The monoisotopic (exact) mass is 168 g/mol. The molecule has 12 heavy (non-hydrogen) atoms. The number of aromatic nitrogens is 3. The predicted molar refractivity (Wildman–Crippen MR) is 47.9 cm³/mol. The van der Waals surface area contributed by atoms with E-state index in [1.54, 1.807) is 0 Å². The molecule has 1 rings (SSSR count). The van der Waals surface area contributed by atoms with E-state index < -0.39 is 0 Å². The first kappa shape index (κ1) is 9.19. The third kappa shape index (κ3) is 1.48. The van der Waals surface area contributed by atoms with Crippen molar-refractivity contribution in [2.45, 2.75) is 33.2 Å². The Balaban J connectivity index is 3.09. The van der Waals surface area contributed by atoms with E-state index in [1.165, 1.54) is 0 Å². The molecule has 0 atom stereocenters. The van der Waals surface area contributed by atoms with Crippen LogP contribution >= 0.6 is 0 Å². The number of nitrogens with zero attached hydrogens (tertiary/aromatic N) is 3. The van der Waals surface area contributed by atoms with E-state index in [0.29, 0.717) is 6.54 Å². The zero-order chi connectivity index (χ0) is 9.35. The van der Waals surface area contributed by atoms with Gasteiger partial charge >= 0.3 is 0 Å². The van der Waals surface area contributed by atoms with E-state index in [2.05, 4.69) is 10.1 Å². The maximum atomic E-state index is 5.63. The van der Waals surface area contributed by atoms with Gasteiger partial charge in [-0.05, 0) is 27.7 Å². The molecule has 0 radical (unpaired) electrons. The Hall–Kier alpha value is -0.900. The fraction of sp³-hybridized carbons (Fsp3) is 0.750. The van der Waals surface area contributed by atoms with Crippen LogP contribution in [-0.2, 0) is 5.54 Å². The molecule has 0 aliphatic heterocycles. The Morgan fingerprint density at radius 3 is 2.33 bits per heavy atom. The summed E-state index contributed by atoms with van der Waals surface area (Å²) in [5.74, 6) is 1.72. The normalized spacial score (nSPS) is 12.1. The van der Waals surface area contributed by atoms with E-state index in [9.17, 15) is 0 Å². The van der Waals surface area contributed by atoms with Crippen molar-refractivity contribution in [3.63, 3.8) is 0 Å². The molecule has 0 amide bonds. The van der Waals surface area contributed by atoms with Crippen molar-refractivity contribution in [1.29, 1.82) is 0 Å². The van der Waals surface area contributed by atoms with Crippen LogP contribution in [-0.4, -0.2) is 21.3 Å².